The summed E-state index contributed by atoms with van der Waals surface area (Å²) in [7, 11) is 1.68. The molecular formula is C28H34ClN5O3. The first-order chi connectivity index (χ1) is 17.7. The van der Waals surface area contributed by atoms with Gasteiger partial charge in [-0.1, -0.05) is 36.4 Å². The minimum atomic E-state index is 0. The number of imidazole rings is 1. The Morgan fingerprint density at radius 3 is 2.59 bits per heavy atom. The number of aromatic amines is 1. The topological polar surface area (TPSA) is 86.6 Å². The van der Waals surface area contributed by atoms with Crippen molar-refractivity contribution in [3.05, 3.63) is 77.3 Å². The van der Waals surface area contributed by atoms with Gasteiger partial charge in [0.15, 0.2) is 22.6 Å². The van der Waals surface area contributed by atoms with Crippen LogP contribution < -0.4 is 15.0 Å². The Balaban J connectivity index is 0.00000320. The molecule has 5 rings (SSSR count). The minimum absolute atomic E-state index is 0. The second kappa shape index (κ2) is 12.7. The van der Waals surface area contributed by atoms with Crippen LogP contribution in [0.15, 0.2) is 59.9 Å². The molecule has 0 unspecified atom stereocenters. The maximum Gasteiger partial charge on any atom is 0.176 e. The molecular weight excluding hydrogens is 490 g/mol. The second-order valence-corrected chi connectivity index (χ2v) is 9.04. The largest absolute Gasteiger partial charge is 0.493 e. The number of nitrogens with zero attached hydrogens (tertiary/aromatic N) is 4. The van der Waals surface area contributed by atoms with E-state index in [1.807, 2.05) is 47.9 Å². The smallest absolute Gasteiger partial charge is 0.176 e. The SMILES string of the molecule is CCN=c1ncn(Cc2ccc(OC)c(OC3CCCC3)c2)c2nc(COCc3ccccc3)[nH]c12.Cl. The Labute approximate surface area is 223 Å². The maximum atomic E-state index is 6.30. The van der Waals surface area contributed by atoms with Crippen LogP contribution in [0, 0.1) is 0 Å². The Kier molecular flexibility index (Phi) is 9.19. The van der Waals surface area contributed by atoms with Crippen LogP contribution in [0.3, 0.4) is 0 Å². The third kappa shape index (κ3) is 6.50. The van der Waals surface area contributed by atoms with Gasteiger partial charge in [-0.15, -0.1) is 12.4 Å². The number of hydrogen-bond acceptors (Lipinski definition) is 6. The molecule has 196 valence electrons. The third-order valence-corrected chi connectivity index (χ3v) is 6.38. The van der Waals surface area contributed by atoms with Crippen LogP contribution in [0.5, 0.6) is 11.5 Å². The first-order valence-corrected chi connectivity index (χ1v) is 12.6. The highest BCUT2D eigenvalue weighted by Crippen LogP contribution is 2.32. The average molecular weight is 524 g/mol. The van der Waals surface area contributed by atoms with E-state index < -0.39 is 0 Å². The molecule has 0 saturated heterocycles. The molecule has 2 aromatic heterocycles. The third-order valence-electron chi connectivity index (χ3n) is 6.38. The molecule has 4 aromatic rings. The Hall–Kier alpha value is -3.36. The zero-order valence-electron chi connectivity index (χ0n) is 21.4. The van der Waals surface area contributed by atoms with Crippen molar-refractivity contribution in [2.75, 3.05) is 13.7 Å². The van der Waals surface area contributed by atoms with Crippen molar-refractivity contribution in [2.24, 2.45) is 4.99 Å². The van der Waals surface area contributed by atoms with Crippen LogP contribution in [0.25, 0.3) is 11.2 Å². The lowest BCUT2D eigenvalue weighted by atomic mass is 10.2. The first-order valence-electron chi connectivity index (χ1n) is 12.6. The summed E-state index contributed by atoms with van der Waals surface area (Å²) in [5, 5.41) is 0. The molecule has 1 aliphatic carbocycles. The van der Waals surface area contributed by atoms with Crippen LogP contribution >= 0.6 is 12.4 Å². The van der Waals surface area contributed by atoms with Gasteiger partial charge < -0.3 is 23.8 Å². The van der Waals surface area contributed by atoms with Crippen LogP contribution in [0.4, 0.5) is 0 Å². The maximum absolute atomic E-state index is 6.30. The number of fused-ring (bicyclic) bond motifs is 1. The molecule has 1 fully saturated rings. The zero-order valence-corrected chi connectivity index (χ0v) is 22.2. The minimum Gasteiger partial charge on any atom is -0.493 e. The van der Waals surface area contributed by atoms with E-state index in [-0.39, 0.29) is 18.5 Å². The number of benzene rings is 2. The summed E-state index contributed by atoms with van der Waals surface area (Å²) >= 11 is 0. The van der Waals surface area contributed by atoms with Gasteiger partial charge in [-0.25, -0.2) is 9.97 Å². The molecule has 0 atom stereocenters. The van der Waals surface area contributed by atoms with Crippen molar-refractivity contribution in [1.29, 1.82) is 0 Å². The Bertz CT molecular complexity index is 1360. The summed E-state index contributed by atoms with van der Waals surface area (Å²) in [6.45, 7) is 4.13. The number of nitrogens with one attached hydrogen (secondary N) is 1. The molecule has 0 aliphatic heterocycles. The van der Waals surface area contributed by atoms with Crippen LogP contribution in [0.1, 0.15) is 49.6 Å². The second-order valence-electron chi connectivity index (χ2n) is 9.04. The Morgan fingerprint density at radius 2 is 1.84 bits per heavy atom. The van der Waals surface area contributed by atoms with Crippen molar-refractivity contribution in [3.8, 4) is 11.5 Å². The van der Waals surface area contributed by atoms with Crippen molar-refractivity contribution in [2.45, 2.75) is 58.5 Å². The fourth-order valence-electron chi connectivity index (χ4n) is 4.61. The molecule has 2 aromatic carbocycles. The van der Waals surface area contributed by atoms with Gasteiger partial charge in [0.2, 0.25) is 0 Å². The number of H-pyrrole nitrogens is 1. The predicted octanol–water partition coefficient (Wildman–Crippen LogP) is 5.20. The average Bonchev–Trinajstić information content (AvgIpc) is 3.57. The molecule has 1 saturated carbocycles. The fourth-order valence-corrected chi connectivity index (χ4v) is 4.61. The zero-order chi connectivity index (χ0) is 24.7. The van der Waals surface area contributed by atoms with E-state index in [0.29, 0.717) is 31.8 Å². The summed E-state index contributed by atoms with van der Waals surface area (Å²) in [5.41, 5.74) is 4.48. The Morgan fingerprint density at radius 1 is 1.03 bits per heavy atom. The van der Waals surface area contributed by atoms with Crippen molar-refractivity contribution >= 4 is 23.6 Å². The van der Waals surface area contributed by atoms with Gasteiger partial charge in [0.05, 0.1) is 32.7 Å². The van der Waals surface area contributed by atoms with Crippen LogP contribution in [-0.4, -0.2) is 39.3 Å². The van der Waals surface area contributed by atoms with Gasteiger partial charge in [0.1, 0.15) is 17.9 Å². The summed E-state index contributed by atoms with van der Waals surface area (Å²) < 4.78 is 19.8. The van der Waals surface area contributed by atoms with E-state index in [1.54, 1.807) is 13.4 Å². The molecule has 0 spiro atoms. The number of ether oxygens (including phenoxy) is 3. The highest BCUT2D eigenvalue weighted by molar-refractivity contribution is 5.85. The molecule has 2 heterocycles. The van der Waals surface area contributed by atoms with E-state index in [1.165, 1.54) is 12.8 Å². The molecule has 1 aliphatic rings. The highest BCUT2D eigenvalue weighted by atomic mass is 35.5. The molecule has 0 amide bonds. The van der Waals surface area contributed by atoms with Crippen LogP contribution in [0.2, 0.25) is 0 Å². The van der Waals surface area contributed by atoms with Crippen LogP contribution in [-0.2, 0) is 24.5 Å². The first kappa shape index (κ1) is 26.7. The van der Waals surface area contributed by atoms with Crippen molar-refractivity contribution < 1.29 is 14.2 Å². The van der Waals surface area contributed by atoms with Crippen molar-refractivity contribution in [1.82, 2.24) is 19.5 Å². The van der Waals surface area contributed by atoms with Gasteiger partial charge in [-0.3, -0.25) is 4.99 Å². The normalized spacial score (nSPS) is 14.2. The van der Waals surface area contributed by atoms with E-state index in [2.05, 4.69) is 27.1 Å². The van der Waals surface area contributed by atoms with E-state index in [9.17, 15) is 0 Å². The standard InChI is InChI=1S/C28H33N5O3.ClH/c1-3-29-27-26-28(32-25(31-26)18-35-17-20-9-5-4-6-10-20)33(19-30-27)16-21-13-14-23(34-2)24(15-21)36-22-11-7-8-12-22;/h4-6,9-10,13-15,19,22H,3,7-8,11-12,16-18H2,1-2H3,(H,31,32);1H. The van der Waals surface area contributed by atoms with E-state index in [4.69, 9.17) is 19.2 Å². The number of aromatic nitrogens is 4. The van der Waals surface area contributed by atoms with Gasteiger partial charge in [0.25, 0.3) is 0 Å². The van der Waals surface area contributed by atoms with Crippen molar-refractivity contribution in [3.63, 3.8) is 0 Å². The quantitative estimate of drug-likeness (QED) is 0.309. The van der Waals surface area contributed by atoms with E-state index in [0.717, 1.165) is 52.5 Å². The number of hydrogen-bond donors (Lipinski definition) is 1. The molecule has 0 bridgehead atoms. The molecule has 8 nitrogen and oxygen atoms in total. The molecule has 1 N–H and O–H groups in total. The monoisotopic (exact) mass is 523 g/mol. The number of rotatable bonds is 10. The predicted molar refractivity (Wildman–Crippen MR) is 145 cm³/mol. The molecule has 37 heavy (non-hydrogen) atoms. The van der Waals surface area contributed by atoms with E-state index >= 15 is 0 Å². The lowest BCUT2D eigenvalue weighted by Crippen LogP contribution is -2.15. The number of methoxy groups -OCH3 is 1. The summed E-state index contributed by atoms with van der Waals surface area (Å²) in [6, 6.07) is 16.2. The summed E-state index contributed by atoms with van der Waals surface area (Å²) in [5.74, 6) is 2.30. The lowest BCUT2D eigenvalue weighted by molar-refractivity contribution is 0.102. The lowest BCUT2D eigenvalue weighted by Gasteiger charge is -2.17. The molecule has 9 heteroatoms. The number of halogens is 1. The van der Waals surface area contributed by atoms with Gasteiger partial charge in [-0.2, -0.15) is 0 Å². The summed E-state index contributed by atoms with van der Waals surface area (Å²) in [4.78, 5) is 17.4. The molecule has 0 radical (unpaired) electrons. The highest BCUT2D eigenvalue weighted by Gasteiger charge is 2.19. The fraction of sp³-hybridized carbons (Fsp3) is 0.393. The van der Waals surface area contributed by atoms with Gasteiger partial charge >= 0.3 is 0 Å². The summed E-state index contributed by atoms with van der Waals surface area (Å²) in [6.07, 6.45) is 6.69. The van der Waals surface area contributed by atoms with Gasteiger partial charge in [-0.05, 0) is 55.9 Å². The van der Waals surface area contributed by atoms with Gasteiger partial charge in [0, 0.05) is 6.54 Å².